The van der Waals surface area contributed by atoms with Gasteiger partial charge >= 0.3 is 0 Å². The summed E-state index contributed by atoms with van der Waals surface area (Å²) in [5.41, 5.74) is 7.09. The van der Waals surface area contributed by atoms with Crippen molar-refractivity contribution in [2.75, 3.05) is 13.1 Å². The van der Waals surface area contributed by atoms with E-state index in [0.29, 0.717) is 18.8 Å². The van der Waals surface area contributed by atoms with Gasteiger partial charge in [-0.2, -0.15) is 5.10 Å². The van der Waals surface area contributed by atoms with Gasteiger partial charge in [-0.3, -0.25) is 9.59 Å². The molecular weight excluding hydrogens is 304 g/mol. The molecule has 24 heavy (non-hydrogen) atoms. The van der Waals surface area contributed by atoms with E-state index >= 15 is 0 Å². The van der Waals surface area contributed by atoms with E-state index in [1.54, 1.807) is 11.0 Å². The first-order valence-corrected chi connectivity index (χ1v) is 8.32. The number of aromatic nitrogens is 2. The van der Waals surface area contributed by atoms with Crippen molar-refractivity contribution in [3.05, 3.63) is 52.8 Å². The molecule has 126 valence electrons. The van der Waals surface area contributed by atoms with E-state index in [1.807, 2.05) is 30.3 Å². The summed E-state index contributed by atoms with van der Waals surface area (Å²) in [6, 6.07) is 12.8. The highest BCUT2D eigenvalue weighted by Gasteiger charge is 2.26. The number of carbonyl (C=O) groups excluding carboxylic acids is 1. The monoisotopic (exact) mass is 326 g/mol. The average molecular weight is 326 g/mol. The van der Waals surface area contributed by atoms with E-state index < -0.39 is 0 Å². The molecule has 2 N–H and O–H groups in total. The van der Waals surface area contributed by atoms with Crippen molar-refractivity contribution >= 4 is 5.91 Å². The lowest BCUT2D eigenvalue weighted by atomic mass is 10.0. The Bertz CT molecular complexity index is 757. The molecule has 1 unspecified atom stereocenters. The molecule has 1 atom stereocenters. The van der Waals surface area contributed by atoms with Crippen molar-refractivity contribution in [2.45, 2.75) is 31.8 Å². The van der Waals surface area contributed by atoms with Crippen LogP contribution in [0.15, 0.2) is 47.3 Å². The standard InChI is InChI=1S/C18H22N4O2/c19-12-15-8-4-5-11-21(15)18(24)13-22-17(23)10-9-16(20-22)14-6-2-1-3-7-14/h1-3,6-7,9-10,15H,4-5,8,11-13,19H2. The van der Waals surface area contributed by atoms with E-state index in [0.717, 1.165) is 24.8 Å². The van der Waals surface area contributed by atoms with Crippen LogP contribution in [0.2, 0.25) is 0 Å². The van der Waals surface area contributed by atoms with E-state index in [1.165, 1.54) is 10.7 Å². The fourth-order valence-electron chi connectivity index (χ4n) is 3.12. The number of amides is 1. The quantitative estimate of drug-likeness (QED) is 0.917. The van der Waals surface area contributed by atoms with E-state index in [2.05, 4.69) is 5.10 Å². The number of benzene rings is 1. The molecule has 2 aromatic rings. The maximum Gasteiger partial charge on any atom is 0.267 e. The van der Waals surface area contributed by atoms with Crippen molar-refractivity contribution in [1.29, 1.82) is 0 Å². The summed E-state index contributed by atoms with van der Waals surface area (Å²) in [5.74, 6) is -0.0926. The van der Waals surface area contributed by atoms with Crippen molar-refractivity contribution in [3.63, 3.8) is 0 Å². The highest BCUT2D eigenvalue weighted by atomic mass is 16.2. The van der Waals surface area contributed by atoms with E-state index in [-0.39, 0.29) is 24.1 Å². The zero-order chi connectivity index (χ0) is 16.9. The number of likely N-dealkylation sites (tertiary alicyclic amines) is 1. The average Bonchev–Trinajstić information content (AvgIpc) is 2.64. The zero-order valence-corrected chi connectivity index (χ0v) is 13.6. The third-order valence-electron chi connectivity index (χ3n) is 4.44. The van der Waals surface area contributed by atoms with Gasteiger partial charge in [-0.1, -0.05) is 30.3 Å². The maximum absolute atomic E-state index is 12.6. The summed E-state index contributed by atoms with van der Waals surface area (Å²) in [6.07, 6.45) is 3.00. The second-order valence-corrected chi connectivity index (χ2v) is 6.05. The Morgan fingerprint density at radius 2 is 1.96 bits per heavy atom. The van der Waals surface area contributed by atoms with Gasteiger partial charge in [-0.15, -0.1) is 0 Å². The van der Waals surface area contributed by atoms with Gasteiger partial charge in [0.15, 0.2) is 0 Å². The van der Waals surface area contributed by atoms with Crippen LogP contribution in [0.3, 0.4) is 0 Å². The van der Waals surface area contributed by atoms with Crippen LogP contribution in [0.1, 0.15) is 19.3 Å². The fourth-order valence-corrected chi connectivity index (χ4v) is 3.12. The molecule has 6 heteroatoms. The van der Waals surface area contributed by atoms with Crippen LogP contribution in [0.4, 0.5) is 0 Å². The number of hydrogen-bond acceptors (Lipinski definition) is 4. The van der Waals surface area contributed by atoms with Gasteiger partial charge < -0.3 is 10.6 Å². The van der Waals surface area contributed by atoms with Crippen LogP contribution < -0.4 is 11.3 Å². The SMILES string of the molecule is NCC1CCCCN1C(=O)Cn1nc(-c2ccccc2)ccc1=O. The Labute approximate surface area is 140 Å². The van der Waals surface area contributed by atoms with Crippen molar-refractivity contribution in [2.24, 2.45) is 5.73 Å². The predicted molar refractivity (Wildman–Crippen MR) is 92.3 cm³/mol. The number of carbonyl (C=O) groups is 1. The van der Waals surface area contributed by atoms with Crippen LogP contribution in [-0.2, 0) is 11.3 Å². The lowest BCUT2D eigenvalue weighted by Crippen LogP contribution is -2.49. The molecule has 0 spiro atoms. The van der Waals surface area contributed by atoms with Crippen molar-refractivity contribution < 1.29 is 4.79 Å². The Morgan fingerprint density at radius 3 is 2.71 bits per heavy atom. The molecule has 1 aliphatic heterocycles. The Hall–Kier alpha value is -2.47. The molecule has 1 fully saturated rings. The zero-order valence-electron chi connectivity index (χ0n) is 13.6. The third kappa shape index (κ3) is 3.54. The molecule has 0 saturated carbocycles. The molecule has 6 nitrogen and oxygen atoms in total. The molecule has 1 aromatic heterocycles. The number of nitrogens with zero attached hydrogens (tertiary/aromatic N) is 3. The van der Waals surface area contributed by atoms with Crippen LogP contribution in [0, 0.1) is 0 Å². The van der Waals surface area contributed by atoms with Gasteiger partial charge in [0, 0.05) is 30.8 Å². The highest BCUT2D eigenvalue weighted by molar-refractivity contribution is 5.76. The first-order valence-electron chi connectivity index (χ1n) is 8.32. The van der Waals surface area contributed by atoms with Crippen LogP contribution in [-0.4, -0.2) is 39.7 Å². The lowest BCUT2D eigenvalue weighted by Gasteiger charge is -2.35. The summed E-state index contributed by atoms with van der Waals surface area (Å²) in [4.78, 5) is 26.5. The smallest absolute Gasteiger partial charge is 0.267 e. The van der Waals surface area contributed by atoms with Crippen molar-refractivity contribution in [3.8, 4) is 11.3 Å². The normalized spacial score (nSPS) is 17.7. The fraction of sp³-hybridized carbons (Fsp3) is 0.389. The van der Waals surface area contributed by atoms with Crippen LogP contribution >= 0.6 is 0 Å². The third-order valence-corrected chi connectivity index (χ3v) is 4.44. The van der Waals surface area contributed by atoms with Gasteiger partial charge in [-0.05, 0) is 25.3 Å². The van der Waals surface area contributed by atoms with E-state index in [9.17, 15) is 9.59 Å². The minimum absolute atomic E-state index is 0.0456. The summed E-state index contributed by atoms with van der Waals surface area (Å²) in [5, 5.41) is 4.35. The molecule has 1 aromatic carbocycles. The first-order chi connectivity index (χ1) is 11.7. The first kappa shape index (κ1) is 16.4. The molecular formula is C18H22N4O2. The predicted octanol–water partition coefficient (Wildman–Crippen LogP) is 1.25. The second-order valence-electron chi connectivity index (χ2n) is 6.05. The minimum atomic E-state index is -0.274. The van der Waals surface area contributed by atoms with Gasteiger partial charge in [0.1, 0.15) is 6.54 Å². The summed E-state index contributed by atoms with van der Waals surface area (Å²) < 4.78 is 1.24. The Balaban J connectivity index is 1.82. The number of piperidine rings is 1. The molecule has 2 heterocycles. The van der Waals surface area contributed by atoms with Gasteiger partial charge in [0.25, 0.3) is 5.56 Å². The molecule has 1 saturated heterocycles. The Morgan fingerprint density at radius 1 is 1.17 bits per heavy atom. The number of hydrogen-bond donors (Lipinski definition) is 1. The molecule has 0 bridgehead atoms. The molecule has 0 aliphatic carbocycles. The number of rotatable bonds is 4. The molecule has 0 radical (unpaired) electrons. The molecule has 1 aliphatic rings. The molecule has 1 amide bonds. The maximum atomic E-state index is 12.6. The lowest BCUT2D eigenvalue weighted by molar-refractivity contribution is -0.135. The molecule has 3 rings (SSSR count). The van der Waals surface area contributed by atoms with E-state index in [4.69, 9.17) is 5.73 Å². The van der Waals surface area contributed by atoms with Gasteiger partial charge in [-0.25, -0.2) is 4.68 Å². The number of nitrogens with two attached hydrogens (primary N) is 1. The second kappa shape index (κ2) is 7.40. The van der Waals surface area contributed by atoms with Gasteiger partial charge in [0.05, 0.1) is 5.69 Å². The van der Waals surface area contributed by atoms with Crippen LogP contribution in [0.5, 0.6) is 0 Å². The van der Waals surface area contributed by atoms with Crippen LogP contribution in [0.25, 0.3) is 11.3 Å². The Kier molecular flexibility index (Phi) is 5.05. The topological polar surface area (TPSA) is 81.2 Å². The van der Waals surface area contributed by atoms with Gasteiger partial charge in [0.2, 0.25) is 5.91 Å². The summed E-state index contributed by atoms with van der Waals surface area (Å²) in [6.45, 7) is 1.11. The van der Waals surface area contributed by atoms with Crippen molar-refractivity contribution in [1.82, 2.24) is 14.7 Å². The summed E-state index contributed by atoms with van der Waals surface area (Å²) >= 11 is 0. The summed E-state index contributed by atoms with van der Waals surface area (Å²) in [7, 11) is 0. The highest BCUT2D eigenvalue weighted by Crippen LogP contribution is 2.17. The largest absolute Gasteiger partial charge is 0.337 e. The minimum Gasteiger partial charge on any atom is -0.337 e.